The molecule has 0 unspecified atom stereocenters. The van der Waals surface area contributed by atoms with Crippen LogP contribution >= 0.6 is 15.9 Å². The summed E-state index contributed by atoms with van der Waals surface area (Å²) in [6, 6.07) is 5.98. The SMILES string of the molecule is Cc1cc(Br)ccc1/C=C\NC=O. The molecule has 0 saturated carbocycles. The summed E-state index contributed by atoms with van der Waals surface area (Å²) < 4.78 is 1.06. The Morgan fingerprint density at radius 1 is 1.46 bits per heavy atom. The number of hydrogen-bond acceptors (Lipinski definition) is 1. The van der Waals surface area contributed by atoms with Gasteiger partial charge >= 0.3 is 0 Å². The van der Waals surface area contributed by atoms with E-state index in [4.69, 9.17) is 0 Å². The molecule has 0 spiro atoms. The number of halogens is 1. The van der Waals surface area contributed by atoms with Crippen molar-refractivity contribution in [3.8, 4) is 0 Å². The number of rotatable bonds is 3. The van der Waals surface area contributed by atoms with Gasteiger partial charge in [0, 0.05) is 10.7 Å². The van der Waals surface area contributed by atoms with Gasteiger partial charge in [-0.15, -0.1) is 0 Å². The Morgan fingerprint density at radius 3 is 2.85 bits per heavy atom. The molecule has 0 aromatic heterocycles. The van der Waals surface area contributed by atoms with Gasteiger partial charge in [0.2, 0.25) is 6.41 Å². The molecule has 0 atom stereocenters. The first-order valence-corrected chi connectivity index (χ1v) is 4.66. The fraction of sp³-hybridized carbons (Fsp3) is 0.100. The number of carbonyl (C=O) groups excluding carboxylic acids is 1. The molecular formula is C10H10BrNO. The third-order valence-electron chi connectivity index (χ3n) is 1.66. The second-order valence-electron chi connectivity index (χ2n) is 2.62. The van der Waals surface area contributed by atoms with Crippen LogP contribution in [0.4, 0.5) is 0 Å². The van der Waals surface area contributed by atoms with E-state index in [1.165, 1.54) is 5.56 Å². The highest BCUT2D eigenvalue weighted by molar-refractivity contribution is 9.10. The highest BCUT2D eigenvalue weighted by Crippen LogP contribution is 2.16. The number of hydrogen-bond donors (Lipinski definition) is 1. The molecule has 1 rings (SSSR count). The second kappa shape index (κ2) is 4.82. The summed E-state index contributed by atoms with van der Waals surface area (Å²) in [6.07, 6.45) is 4.12. The quantitative estimate of drug-likeness (QED) is 0.808. The van der Waals surface area contributed by atoms with Crippen molar-refractivity contribution >= 4 is 28.4 Å². The number of nitrogens with one attached hydrogen (secondary N) is 1. The molecule has 1 aromatic rings. The maximum Gasteiger partial charge on any atom is 0.211 e. The predicted molar refractivity (Wildman–Crippen MR) is 57.1 cm³/mol. The van der Waals surface area contributed by atoms with Crippen LogP contribution < -0.4 is 5.32 Å². The van der Waals surface area contributed by atoms with Crippen LogP contribution in [0.2, 0.25) is 0 Å². The van der Waals surface area contributed by atoms with Gasteiger partial charge in [-0.05, 0) is 36.3 Å². The fourth-order valence-electron chi connectivity index (χ4n) is 1.00. The van der Waals surface area contributed by atoms with E-state index in [0.717, 1.165) is 10.0 Å². The van der Waals surface area contributed by atoms with E-state index in [1.54, 1.807) is 6.20 Å². The minimum absolute atomic E-state index is 0.644. The summed E-state index contributed by atoms with van der Waals surface area (Å²) in [7, 11) is 0. The van der Waals surface area contributed by atoms with Crippen LogP contribution in [0, 0.1) is 6.92 Å². The Labute approximate surface area is 85.8 Å². The molecule has 1 N–H and O–H groups in total. The lowest BCUT2D eigenvalue weighted by Crippen LogP contribution is -1.98. The Kier molecular flexibility index (Phi) is 3.71. The molecule has 68 valence electrons. The summed E-state index contributed by atoms with van der Waals surface area (Å²) in [4.78, 5) is 9.96. The van der Waals surface area contributed by atoms with E-state index >= 15 is 0 Å². The number of aryl methyl sites for hydroxylation is 1. The normalized spacial score (nSPS) is 10.3. The van der Waals surface area contributed by atoms with E-state index in [2.05, 4.69) is 21.2 Å². The molecule has 0 aliphatic rings. The molecule has 0 fully saturated rings. The largest absolute Gasteiger partial charge is 0.335 e. The third-order valence-corrected chi connectivity index (χ3v) is 2.15. The molecule has 0 aliphatic heterocycles. The lowest BCUT2D eigenvalue weighted by atomic mass is 10.1. The molecule has 3 heteroatoms. The molecule has 2 nitrogen and oxygen atoms in total. The predicted octanol–water partition coefficient (Wildman–Crippen LogP) is 2.47. The van der Waals surface area contributed by atoms with Gasteiger partial charge in [-0.25, -0.2) is 0 Å². The number of benzene rings is 1. The Bertz CT molecular complexity index is 334. The van der Waals surface area contributed by atoms with Crippen molar-refractivity contribution in [3.63, 3.8) is 0 Å². The van der Waals surface area contributed by atoms with Gasteiger partial charge in [-0.3, -0.25) is 4.79 Å². The third kappa shape index (κ3) is 3.03. The maximum absolute atomic E-state index is 9.96. The molecule has 0 radical (unpaired) electrons. The van der Waals surface area contributed by atoms with Crippen LogP contribution in [0.25, 0.3) is 6.08 Å². The van der Waals surface area contributed by atoms with Crippen LogP contribution in [0.1, 0.15) is 11.1 Å². The van der Waals surface area contributed by atoms with Gasteiger partial charge in [0.15, 0.2) is 0 Å². The molecule has 0 heterocycles. The minimum atomic E-state index is 0.644. The molecule has 1 aromatic carbocycles. The number of carbonyl (C=O) groups is 1. The summed E-state index contributed by atoms with van der Waals surface area (Å²) in [6.45, 7) is 2.02. The molecule has 13 heavy (non-hydrogen) atoms. The van der Waals surface area contributed by atoms with Crippen molar-refractivity contribution in [2.24, 2.45) is 0 Å². The van der Waals surface area contributed by atoms with Gasteiger partial charge in [0.05, 0.1) is 0 Å². The first-order valence-electron chi connectivity index (χ1n) is 3.86. The Hall–Kier alpha value is -1.09. The average molecular weight is 240 g/mol. The average Bonchev–Trinajstić information content (AvgIpc) is 2.09. The van der Waals surface area contributed by atoms with E-state index in [0.29, 0.717) is 6.41 Å². The Balaban J connectivity index is 2.83. The second-order valence-corrected chi connectivity index (χ2v) is 3.53. The van der Waals surface area contributed by atoms with E-state index in [1.807, 2.05) is 31.2 Å². The van der Waals surface area contributed by atoms with Gasteiger partial charge in [-0.1, -0.05) is 22.0 Å². The molecular weight excluding hydrogens is 230 g/mol. The molecule has 0 bridgehead atoms. The standard InChI is InChI=1S/C10H10BrNO/c1-8-6-10(11)3-2-9(8)4-5-12-7-13/h2-7H,1H3,(H,12,13)/b5-4-. The van der Waals surface area contributed by atoms with Gasteiger partial charge < -0.3 is 5.32 Å². The van der Waals surface area contributed by atoms with Crippen LogP contribution in [0.5, 0.6) is 0 Å². The molecule has 0 aliphatic carbocycles. The van der Waals surface area contributed by atoms with Crippen LogP contribution in [-0.4, -0.2) is 6.41 Å². The molecule has 1 amide bonds. The highest BCUT2D eigenvalue weighted by Gasteiger charge is 1.93. The van der Waals surface area contributed by atoms with E-state index in [-0.39, 0.29) is 0 Å². The van der Waals surface area contributed by atoms with Crippen molar-refractivity contribution in [2.45, 2.75) is 6.92 Å². The summed E-state index contributed by atoms with van der Waals surface area (Å²) in [5.74, 6) is 0. The topological polar surface area (TPSA) is 29.1 Å². The number of amides is 1. The van der Waals surface area contributed by atoms with Crippen molar-refractivity contribution in [1.82, 2.24) is 5.32 Å². The van der Waals surface area contributed by atoms with Gasteiger partial charge in [0.1, 0.15) is 0 Å². The zero-order valence-corrected chi connectivity index (χ0v) is 8.84. The van der Waals surface area contributed by atoms with Gasteiger partial charge in [0.25, 0.3) is 0 Å². The summed E-state index contributed by atoms with van der Waals surface area (Å²) >= 11 is 3.38. The zero-order chi connectivity index (χ0) is 9.68. The smallest absolute Gasteiger partial charge is 0.211 e. The van der Waals surface area contributed by atoms with Crippen LogP contribution in [0.15, 0.2) is 28.9 Å². The first-order chi connectivity index (χ1) is 6.24. The van der Waals surface area contributed by atoms with Crippen LogP contribution in [-0.2, 0) is 4.79 Å². The van der Waals surface area contributed by atoms with Crippen molar-refractivity contribution in [2.75, 3.05) is 0 Å². The van der Waals surface area contributed by atoms with Crippen molar-refractivity contribution in [3.05, 3.63) is 40.0 Å². The lowest BCUT2D eigenvalue weighted by Gasteiger charge is -1.99. The monoisotopic (exact) mass is 239 g/mol. The van der Waals surface area contributed by atoms with Crippen molar-refractivity contribution < 1.29 is 4.79 Å². The highest BCUT2D eigenvalue weighted by atomic mass is 79.9. The summed E-state index contributed by atoms with van der Waals surface area (Å²) in [5, 5.41) is 2.47. The van der Waals surface area contributed by atoms with Crippen molar-refractivity contribution in [1.29, 1.82) is 0 Å². The minimum Gasteiger partial charge on any atom is -0.335 e. The fourth-order valence-corrected chi connectivity index (χ4v) is 1.48. The maximum atomic E-state index is 9.96. The van der Waals surface area contributed by atoms with Crippen LogP contribution in [0.3, 0.4) is 0 Å². The van der Waals surface area contributed by atoms with Gasteiger partial charge in [-0.2, -0.15) is 0 Å². The Morgan fingerprint density at radius 2 is 2.23 bits per heavy atom. The lowest BCUT2D eigenvalue weighted by molar-refractivity contribution is -0.108. The van der Waals surface area contributed by atoms with E-state index < -0.39 is 0 Å². The first kappa shape index (κ1) is 9.99. The zero-order valence-electron chi connectivity index (χ0n) is 7.25. The molecule has 0 saturated heterocycles. The van der Waals surface area contributed by atoms with E-state index in [9.17, 15) is 4.79 Å². The summed E-state index contributed by atoms with van der Waals surface area (Å²) in [5.41, 5.74) is 2.26.